The van der Waals surface area contributed by atoms with Crippen molar-refractivity contribution in [3.8, 4) is 0 Å². The summed E-state index contributed by atoms with van der Waals surface area (Å²) >= 11 is -2.05. The maximum atomic E-state index is 12.6. The molecule has 0 spiro atoms. The highest BCUT2D eigenvalue weighted by Gasteiger charge is 2.69. The third-order valence-corrected chi connectivity index (χ3v) is 4.51. The Bertz CT molecular complexity index is 520. The van der Waals surface area contributed by atoms with Crippen molar-refractivity contribution in [1.82, 2.24) is 4.31 Å². The van der Waals surface area contributed by atoms with Crippen molar-refractivity contribution >= 4 is 23.3 Å². The molecule has 0 aromatic heterocycles. The van der Waals surface area contributed by atoms with E-state index in [0.717, 1.165) is 4.31 Å². The lowest BCUT2D eigenvalue weighted by Gasteiger charge is -2.44. The van der Waals surface area contributed by atoms with Gasteiger partial charge in [0.25, 0.3) is 11.3 Å². The monoisotopic (exact) mass is 333 g/mol. The van der Waals surface area contributed by atoms with Crippen LogP contribution in [0.15, 0.2) is 0 Å². The van der Waals surface area contributed by atoms with Crippen LogP contribution in [0.1, 0.15) is 54.4 Å². The number of esters is 1. The molecule has 1 saturated carbocycles. The Labute approximate surface area is 133 Å². The molecule has 1 amide bonds. The van der Waals surface area contributed by atoms with Gasteiger partial charge in [0.05, 0.1) is 0 Å². The highest BCUT2D eigenvalue weighted by Crippen LogP contribution is 2.48. The van der Waals surface area contributed by atoms with Crippen LogP contribution in [0.2, 0.25) is 0 Å². The van der Waals surface area contributed by atoms with E-state index >= 15 is 0 Å². The first-order valence-electron chi connectivity index (χ1n) is 7.22. The molecule has 2 rings (SSSR count). The van der Waals surface area contributed by atoms with E-state index in [0.29, 0.717) is 12.8 Å². The van der Waals surface area contributed by atoms with Gasteiger partial charge in [0.1, 0.15) is 17.3 Å². The van der Waals surface area contributed by atoms with Crippen LogP contribution >= 0.6 is 0 Å². The van der Waals surface area contributed by atoms with Crippen LogP contribution in [-0.4, -0.2) is 43.4 Å². The molecule has 1 aliphatic heterocycles. The summed E-state index contributed by atoms with van der Waals surface area (Å²) in [5, 5.41) is 0. The summed E-state index contributed by atoms with van der Waals surface area (Å²) in [4.78, 5) is 24.9. The number of carbonyl (C=O) groups is 2. The normalized spacial score (nSPS) is 31.3. The van der Waals surface area contributed by atoms with Crippen LogP contribution in [0.5, 0.6) is 0 Å². The molecule has 126 valence electrons. The highest BCUT2D eigenvalue weighted by molar-refractivity contribution is 7.78. The molecule has 7 nitrogen and oxygen atoms in total. The van der Waals surface area contributed by atoms with E-state index in [1.807, 2.05) is 0 Å². The summed E-state index contributed by atoms with van der Waals surface area (Å²) in [6.07, 6.45) is -0.559. The minimum absolute atomic E-state index is 0.345. The van der Waals surface area contributed by atoms with Crippen molar-refractivity contribution in [3.63, 3.8) is 0 Å². The molecule has 8 heteroatoms. The van der Waals surface area contributed by atoms with Gasteiger partial charge in [-0.05, 0) is 54.4 Å². The predicted molar refractivity (Wildman–Crippen MR) is 78.9 cm³/mol. The van der Waals surface area contributed by atoms with E-state index < -0.39 is 46.2 Å². The molecule has 2 unspecified atom stereocenters. The van der Waals surface area contributed by atoms with Crippen molar-refractivity contribution in [2.75, 3.05) is 0 Å². The Hall–Kier alpha value is -1.15. The lowest BCUT2D eigenvalue weighted by molar-refractivity contribution is -0.176. The number of rotatable bonds is 1. The van der Waals surface area contributed by atoms with E-state index in [9.17, 15) is 13.8 Å². The molecule has 0 radical (unpaired) electrons. The molecule has 1 saturated heterocycles. The smallest absolute Gasteiger partial charge is 0.425 e. The molecule has 0 N–H and O–H groups in total. The van der Waals surface area contributed by atoms with Gasteiger partial charge in [-0.2, -0.15) is 4.31 Å². The Morgan fingerprint density at radius 1 is 1.14 bits per heavy atom. The first kappa shape index (κ1) is 17.2. The van der Waals surface area contributed by atoms with Crippen molar-refractivity contribution in [1.29, 1.82) is 0 Å². The molecular weight excluding hydrogens is 310 g/mol. The second-order valence-electron chi connectivity index (χ2n) is 7.54. The zero-order chi connectivity index (χ0) is 16.9. The van der Waals surface area contributed by atoms with Crippen molar-refractivity contribution in [3.05, 3.63) is 0 Å². The lowest BCUT2D eigenvalue weighted by Crippen LogP contribution is -2.66. The summed E-state index contributed by atoms with van der Waals surface area (Å²) in [6.45, 7) is 10.3. The van der Waals surface area contributed by atoms with Crippen molar-refractivity contribution in [2.24, 2.45) is 0 Å². The van der Waals surface area contributed by atoms with Crippen molar-refractivity contribution < 1.29 is 27.5 Å². The predicted octanol–water partition coefficient (Wildman–Crippen LogP) is 2.08. The molecule has 22 heavy (non-hydrogen) atoms. The standard InChI is InChI=1S/C14H23NO6S/c1-12(2,3)19-10(16)14-8-7-9(14)21-22(18)15(14)11(17)20-13(4,5)6/h9H,7-8H2,1-6H3/t9?,14-,22?/m0/s1. The van der Waals surface area contributed by atoms with Gasteiger partial charge in [0.2, 0.25) is 0 Å². The quantitative estimate of drug-likeness (QED) is 0.683. The van der Waals surface area contributed by atoms with Crippen LogP contribution in [0.4, 0.5) is 4.79 Å². The fraction of sp³-hybridized carbons (Fsp3) is 0.857. The summed E-state index contributed by atoms with van der Waals surface area (Å²) in [7, 11) is 0. The summed E-state index contributed by atoms with van der Waals surface area (Å²) in [5.74, 6) is -0.604. The van der Waals surface area contributed by atoms with Crippen LogP contribution in [0.25, 0.3) is 0 Å². The summed E-state index contributed by atoms with van der Waals surface area (Å²) < 4.78 is 28.9. The van der Waals surface area contributed by atoms with Gasteiger partial charge in [-0.15, -0.1) is 0 Å². The van der Waals surface area contributed by atoms with Gasteiger partial charge in [-0.1, -0.05) is 0 Å². The molecular formula is C14H23NO6S. The fourth-order valence-corrected chi connectivity index (χ4v) is 3.63. The Balaban J connectivity index is 2.29. The molecule has 0 bridgehead atoms. The minimum Gasteiger partial charge on any atom is -0.458 e. The molecule has 0 aromatic carbocycles. The van der Waals surface area contributed by atoms with E-state index in [1.165, 1.54) is 0 Å². The molecule has 1 aliphatic carbocycles. The average molecular weight is 333 g/mol. The Kier molecular flexibility index (Phi) is 4.06. The van der Waals surface area contributed by atoms with E-state index in [2.05, 4.69) is 0 Å². The fourth-order valence-electron chi connectivity index (χ4n) is 2.38. The van der Waals surface area contributed by atoms with E-state index in [4.69, 9.17) is 13.7 Å². The first-order valence-corrected chi connectivity index (χ1v) is 8.26. The third kappa shape index (κ3) is 2.99. The number of amides is 1. The summed E-state index contributed by atoms with van der Waals surface area (Å²) in [5.41, 5.74) is -2.83. The van der Waals surface area contributed by atoms with E-state index in [-0.39, 0.29) is 0 Å². The van der Waals surface area contributed by atoms with Crippen LogP contribution < -0.4 is 0 Å². The largest absolute Gasteiger partial charge is 0.458 e. The maximum Gasteiger partial charge on any atom is 0.425 e. The lowest BCUT2D eigenvalue weighted by atomic mass is 9.73. The van der Waals surface area contributed by atoms with Crippen LogP contribution in [-0.2, 0) is 29.7 Å². The Morgan fingerprint density at radius 3 is 2.09 bits per heavy atom. The second-order valence-corrected chi connectivity index (χ2v) is 8.53. The maximum absolute atomic E-state index is 12.6. The van der Waals surface area contributed by atoms with Gasteiger partial charge in [0, 0.05) is 0 Å². The number of nitrogens with zero attached hydrogens (tertiary/aromatic N) is 1. The minimum atomic E-state index is -2.05. The SMILES string of the molecule is CC(C)(C)OC(=O)N1S(=O)OC2CC[C@@]21C(=O)OC(C)(C)C. The topological polar surface area (TPSA) is 82.1 Å². The molecule has 3 atom stereocenters. The van der Waals surface area contributed by atoms with Crippen LogP contribution in [0.3, 0.4) is 0 Å². The molecule has 2 fully saturated rings. The van der Waals surface area contributed by atoms with Gasteiger partial charge < -0.3 is 9.47 Å². The number of ether oxygens (including phenoxy) is 2. The molecule has 2 aliphatic rings. The van der Waals surface area contributed by atoms with Gasteiger partial charge >= 0.3 is 12.1 Å². The highest BCUT2D eigenvalue weighted by atomic mass is 32.2. The zero-order valence-electron chi connectivity index (χ0n) is 13.8. The average Bonchev–Trinajstić information content (AvgIpc) is 2.44. The zero-order valence-corrected chi connectivity index (χ0v) is 14.6. The number of carbonyl (C=O) groups excluding carboxylic acids is 2. The van der Waals surface area contributed by atoms with E-state index in [1.54, 1.807) is 41.5 Å². The molecule has 1 heterocycles. The second kappa shape index (κ2) is 5.19. The number of hydrogen-bond donors (Lipinski definition) is 0. The third-order valence-electron chi connectivity index (χ3n) is 3.34. The van der Waals surface area contributed by atoms with Gasteiger partial charge in [0.15, 0.2) is 5.54 Å². The van der Waals surface area contributed by atoms with Gasteiger partial charge in [-0.3, -0.25) is 4.18 Å². The summed E-state index contributed by atoms with van der Waals surface area (Å²) in [6, 6.07) is 0. The van der Waals surface area contributed by atoms with Gasteiger partial charge in [-0.25, -0.2) is 13.8 Å². The van der Waals surface area contributed by atoms with Crippen molar-refractivity contribution in [2.45, 2.75) is 77.2 Å². The number of hydrogen-bond acceptors (Lipinski definition) is 6. The number of fused-ring (bicyclic) bond motifs is 1. The van der Waals surface area contributed by atoms with Crippen LogP contribution in [0, 0.1) is 0 Å². The Morgan fingerprint density at radius 2 is 1.68 bits per heavy atom. The first-order chi connectivity index (χ1) is 9.87. The molecule has 0 aromatic rings.